The van der Waals surface area contributed by atoms with Crippen molar-refractivity contribution in [2.24, 2.45) is 0 Å². The summed E-state index contributed by atoms with van der Waals surface area (Å²) in [5, 5.41) is 32.8. The summed E-state index contributed by atoms with van der Waals surface area (Å²) in [4.78, 5) is 1.83. The molecule has 180 valence electrons. The number of ether oxygens (including phenoxy) is 1. The molecular weight excluding hydrogens is 438 g/mol. The van der Waals surface area contributed by atoms with E-state index in [2.05, 4.69) is 0 Å². The molecule has 0 bridgehead atoms. The molecule has 0 radical (unpaired) electrons. The third kappa shape index (κ3) is 4.50. The summed E-state index contributed by atoms with van der Waals surface area (Å²) >= 11 is 0. The second-order valence-electron chi connectivity index (χ2n) is 9.16. The van der Waals surface area contributed by atoms with Gasteiger partial charge in [0.25, 0.3) is 0 Å². The number of aryl methyl sites for hydroxylation is 5. The second kappa shape index (κ2) is 9.26. The van der Waals surface area contributed by atoms with E-state index < -0.39 is 0 Å². The number of phenolic OH excluding ortho intramolecular Hbond substituents is 3. The van der Waals surface area contributed by atoms with Crippen molar-refractivity contribution >= 4 is 17.1 Å². The third-order valence-electron chi connectivity index (χ3n) is 6.27. The zero-order chi connectivity index (χ0) is 25.4. The highest BCUT2D eigenvalue weighted by molar-refractivity contribution is 5.88. The van der Waals surface area contributed by atoms with Gasteiger partial charge in [-0.25, -0.2) is 0 Å². The minimum atomic E-state index is 0.0400. The number of aromatic hydroxyl groups is 3. The smallest absolute Gasteiger partial charge is 0.172 e. The van der Waals surface area contributed by atoms with E-state index >= 15 is 0 Å². The van der Waals surface area contributed by atoms with Crippen LogP contribution >= 0.6 is 0 Å². The highest BCUT2D eigenvalue weighted by atomic mass is 16.5. The lowest BCUT2D eigenvalue weighted by atomic mass is 10.0. The van der Waals surface area contributed by atoms with Gasteiger partial charge in [-0.3, -0.25) is 4.90 Å². The molecule has 0 heterocycles. The van der Waals surface area contributed by atoms with Crippen LogP contribution in [-0.4, -0.2) is 15.3 Å². The Morgan fingerprint density at radius 3 is 1.69 bits per heavy atom. The van der Waals surface area contributed by atoms with Crippen molar-refractivity contribution in [1.29, 1.82) is 0 Å². The Morgan fingerprint density at radius 2 is 1.14 bits per heavy atom. The van der Waals surface area contributed by atoms with Crippen molar-refractivity contribution in [1.82, 2.24) is 0 Å². The number of hydrogen-bond acceptors (Lipinski definition) is 5. The Balaban J connectivity index is 2.01. The maximum absolute atomic E-state index is 11.1. The van der Waals surface area contributed by atoms with Gasteiger partial charge in [-0.2, -0.15) is 0 Å². The van der Waals surface area contributed by atoms with Crippen LogP contribution in [0.1, 0.15) is 33.4 Å². The highest BCUT2D eigenvalue weighted by Crippen LogP contribution is 2.51. The molecule has 4 rings (SSSR count). The summed E-state index contributed by atoms with van der Waals surface area (Å²) in [6.45, 7) is 11.6. The Kier molecular flexibility index (Phi) is 6.35. The summed E-state index contributed by atoms with van der Waals surface area (Å²) in [6, 6.07) is 18.3. The summed E-state index contributed by atoms with van der Waals surface area (Å²) < 4.78 is 6.33. The molecule has 4 aromatic rings. The van der Waals surface area contributed by atoms with Gasteiger partial charge < -0.3 is 20.1 Å². The molecule has 5 nitrogen and oxygen atoms in total. The number of phenols is 3. The predicted octanol–water partition coefficient (Wildman–Crippen LogP) is 7.92. The first-order valence-electron chi connectivity index (χ1n) is 11.5. The van der Waals surface area contributed by atoms with Crippen molar-refractivity contribution in [2.45, 2.75) is 41.5 Å². The molecule has 0 aliphatic heterocycles. The number of benzene rings is 4. The van der Waals surface area contributed by atoms with Crippen LogP contribution in [0.2, 0.25) is 0 Å². The number of rotatable bonds is 5. The van der Waals surface area contributed by atoms with Gasteiger partial charge in [0.05, 0.1) is 17.1 Å². The van der Waals surface area contributed by atoms with Crippen LogP contribution in [0.15, 0.2) is 60.7 Å². The van der Waals surface area contributed by atoms with Crippen LogP contribution in [0, 0.1) is 41.5 Å². The molecule has 0 unspecified atom stereocenters. The molecule has 0 saturated carbocycles. The average molecular weight is 470 g/mol. The number of anilines is 3. The SMILES string of the molecule is Cc1cc(C)c(N(c2ccccc2Oc2c(O)ccc(C)c2C)c2c(C)cc(C)cc2O)c(O)c1. The minimum absolute atomic E-state index is 0.0400. The molecule has 35 heavy (non-hydrogen) atoms. The third-order valence-corrected chi connectivity index (χ3v) is 6.27. The Morgan fingerprint density at radius 1 is 0.600 bits per heavy atom. The Bertz CT molecular complexity index is 1320. The van der Waals surface area contributed by atoms with Crippen LogP contribution in [0.5, 0.6) is 28.7 Å². The Hall–Kier alpha value is -4.12. The van der Waals surface area contributed by atoms with Crippen LogP contribution < -0.4 is 9.64 Å². The highest BCUT2D eigenvalue weighted by Gasteiger charge is 2.26. The summed E-state index contributed by atoms with van der Waals surface area (Å²) in [6.07, 6.45) is 0. The first-order chi connectivity index (χ1) is 16.6. The van der Waals surface area contributed by atoms with Crippen LogP contribution in [0.4, 0.5) is 17.1 Å². The van der Waals surface area contributed by atoms with Gasteiger partial charge in [-0.15, -0.1) is 0 Å². The monoisotopic (exact) mass is 469 g/mol. The second-order valence-corrected chi connectivity index (χ2v) is 9.16. The lowest BCUT2D eigenvalue weighted by Crippen LogP contribution is -2.14. The van der Waals surface area contributed by atoms with Crippen molar-refractivity contribution in [3.63, 3.8) is 0 Å². The molecule has 4 aromatic carbocycles. The molecule has 0 fully saturated rings. The summed E-state index contributed by atoms with van der Waals surface area (Å²) in [7, 11) is 0. The van der Waals surface area contributed by atoms with Crippen molar-refractivity contribution in [2.75, 3.05) is 4.90 Å². The van der Waals surface area contributed by atoms with Gasteiger partial charge >= 0.3 is 0 Å². The van der Waals surface area contributed by atoms with Gasteiger partial charge in [-0.05, 0) is 105 Å². The van der Waals surface area contributed by atoms with Crippen LogP contribution in [0.25, 0.3) is 0 Å². The van der Waals surface area contributed by atoms with E-state index in [1.165, 1.54) is 0 Å². The lowest BCUT2D eigenvalue weighted by Gasteiger charge is -2.31. The zero-order valence-corrected chi connectivity index (χ0v) is 21.0. The van der Waals surface area contributed by atoms with Crippen molar-refractivity contribution < 1.29 is 20.1 Å². The van der Waals surface area contributed by atoms with E-state index in [1.54, 1.807) is 18.2 Å². The minimum Gasteiger partial charge on any atom is -0.506 e. The molecule has 0 amide bonds. The van der Waals surface area contributed by atoms with Gasteiger partial charge in [0.1, 0.15) is 11.5 Å². The Labute approximate surface area is 206 Å². The predicted molar refractivity (Wildman–Crippen MR) is 141 cm³/mol. The van der Waals surface area contributed by atoms with Crippen LogP contribution in [0.3, 0.4) is 0 Å². The molecule has 3 N–H and O–H groups in total. The molecule has 0 aromatic heterocycles. The lowest BCUT2D eigenvalue weighted by molar-refractivity contribution is 0.409. The van der Waals surface area contributed by atoms with Crippen LogP contribution in [-0.2, 0) is 0 Å². The van der Waals surface area contributed by atoms with Gasteiger partial charge in [0.15, 0.2) is 17.2 Å². The molecule has 0 aliphatic rings. The van der Waals surface area contributed by atoms with E-state index in [4.69, 9.17) is 4.74 Å². The molecule has 5 heteroatoms. The maximum atomic E-state index is 11.1. The standard InChI is InChI=1S/C30H31NO4/c1-17-13-20(4)28(25(33)15-17)31(29-21(5)14-18(2)16-26(29)34)23-9-7-8-10-27(23)35-30-22(6)19(3)11-12-24(30)32/h7-16,32-34H,1-6H3. The van der Waals surface area contributed by atoms with E-state index in [1.807, 2.05) is 88.9 Å². The molecule has 0 spiro atoms. The fourth-order valence-corrected chi connectivity index (χ4v) is 4.55. The van der Waals surface area contributed by atoms with E-state index in [-0.39, 0.29) is 17.2 Å². The largest absolute Gasteiger partial charge is 0.506 e. The topological polar surface area (TPSA) is 73.2 Å². The van der Waals surface area contributed by atoms with Gasteiger partial charge in [0.2, 0.25) is 0 Å². The number of hydrogen-bond donors (Lipinski definition) is 3. The number of nitrogens with zero attached hydrogens (tertiary/aromatic N) is 1. The normalized spacial score (nSPS) is 10.9. The quantitative estimate of drug-likeness (QED) is 0.277. The van der Waals surface area contributed by atoms with E-state index in [9.17, 15) is 15.3 Å². The molecule has 0 aliphatic carbocycles. The van der Waals surface area contributed by atoms with Gasteiger partial charge in [0, 0.05) is 0 Å². The first kappa shape index (κ1) is 24.0. The van der Waals surface area contributed by atoms with E-state index in [0.29, 0.717) is 28.6 Å². The molecule has 0 atom stereocenters. The molecule has 0 saturated heterocycles. The van der Waals surface area contributed by atoms with Crippen molar-refractivity contribution in [3.05, 3.63) is 94.0 Å². The van der Waals surface area contributed by atoms with Crippen molar-refractivity contribution in [3.8, 4) is 28.7 Å². The first-order valence-corrected chi connectivity index (χ1v) is 11.5. The zero-order valence-electron chi connectivity index (χ0n) is 21.0. The number of para-hydroxylation sites is 2. The molecular formula is C30H31NO4. The summed E-state index contributed by atoms with van der Waals surface area (Å²) in [5.74, 6) is 1.05. The summed E-state index contributed by atoms with van der Waals surface area (Å²) in [5.41, 5.74) is 7.05. The average Bonchev–Trinajstić information content (AvgIpc) is 2.77. The van der Waals surface area contributed by atoms with E-state index in [0.717, 1.165) is 33.4 Å². The maximum Gasteiger partial charge on any atom is 0.172 e. The fourth-order valence-electron chi connectivity index (χ4n) is 4.55. The van der Waals surface area contributed by atoms with Gasteiger partial charge in [-0.1, -0.05) is 30.3 Å². The fraction of sp³-hybridized carbons (Fsp3) is 0.200.